The lowest BCUT2D eigenvalue weighted by molar-refractivity contribution is -0.120. The van der Waals surface area contributed by atoms with Crippen molar-refractivity contribution in [2.45, 2.75) is 25.4 Å². The van der Waals surface area contributed by atoms with Crippen molar-refractivity contribution < 1.29 is 14.7 Å². The lowest BCUT2D eigenvalue weighted by Crippen LogP contribution is -2.38. The first kappa shape index (κ1) is 27.4. The summed E-state index contributed by atoms with van der Waals surface area (Å²) < 4.78 is 0. The smallest absolute Gasteiger partial charge is 0.248 e. The maximum Gasteiger partial charge on any atom is 0.248 e. The number of halogens is 1. The lowest BCUT2D eigenvalue weighted by Gasteiger charge is -2.25. The van der Waals surface area contributed by atoms with Crippen LogP contribution in [0.2, 0.25) is 5.02 Å². The molecule has 4 rings (SSSR count). The second-order valence-electron chi connectivity index (χ2n) is 10.3. The molecule has 5 N–H and O–H groups in total. The summed E-state index contributed by atoms with van der Waals surface area (Å²) in [6.07, 6.45) is 3.20. The van der Waals surface area contributed by atoms with Crippen LogP contribution in [-0.4, -0.2) is 47.1 Å². The number of benzene rings is 3. The molecule has 7 nitrogen and oxygen atoms in total. The molecule has 2 atom stereocenters. The SMILES string of the molecule is CC(C)(O)CN1C[C@H](C(=O)Nc2ccc(Cl)cc2)[C@@H](c2ccc(C=CC(=O)Nc3ccccc3N)cc2)C1. The molecule has 0 spiro atoms. The Kier molecular flexibility index (Phi) is 8.52. The van der Waals surface area contributed by atoms with Crippen LogP contribution in [0.15, 0.2) is 78.9 Å². The highest BCUT2D eigenvalue weighted by Crippen LogP contribution is 2.34. The van der Waals surface area contributed by atoms with Crippen molar-refractivity contribution in [1.82, 2.24) is 4.90 Å². The van der Waals surface area contributed by atoms with Gasteiger partial charge in [-0.1, -0.05) is 48.0 Å². The molecule has 1 aliphatic rings. The molecule has 3 aromatic rings. The summed E-state index contributed by atoms with van der Waals surface area (Å²) in [7, 11) is 0. The molecule has 0 unspecified atom stereocenters. The third-order valence-electron chi connectivity index (χ3n) is 6.47. The minimum absolute atomic E-state index is 0.0490. The van der Waals surface area contributed by atoms with Crippen molar-refractivity contribution in [3.63, 3.8) is 0 Å². The Morgan fingerprint density at radius 1 is 1.03 bits per heavy atom. The maximum atomic E-state index is 13.3. The fourth-order valence-corrected chi connectivity index (χ4v) is 4.87. The summed E-state index contributed by atoms with van der Waals surface area (Å²) in [6.45, 7) is 5.20. The molecule has 1 aliphatic heterocycles. The van der Waals surface area contributed by atoms with E-state index >= 15 is 0 Å². The number of hydrogen-bond acceptors (Lipinski definition) is 5. The Bertz CT molecular complexity index is 1300. The number of anilines is 3. The first-order chi connectivity index (χ1) is 18.1. The fourth-order valence-electron chi connectivity index (χ4n) is 4.74. The summed E-state index contributed by atoms with van der Waals surface area (Å²) in [5, 5.41) is 16.8. The number of rotatable bonds is 8. The van der Waals surface area contributed by atoms with Crippen LogP contribution < -0.4 is 16.4 Å². The molecule has 0 saturated carbocycles. The molecule has 2 amide bonds. The van der Waals surface area contributed by atoms with Gasteiger partial charge in [0.2, 0.25) is 11.8 Å². The van der Waals surface area contributed by atoms with Gasteiger partial charge in [0, 0.05) is 42.3 Å². The van der Waals surface area contributed by atoms with Crippen molar-refractivity contribution in [2.75, 3.05) is 36.0 Å². The molecular weight excluding hydrogens is 500 g/mol. The van der Waals surface area contributed by atoms with Gasteiger partial charge in [-0.2, -0.15) is 0 Å². The van der Waals surface area contributed by atoms with Gasteiger partial charge in [-0.3, -0.25) is 14.5 Å². The number of hydrogen-bond donors (Lipinski definition) is 4. The predicted molar refractivity (Wildman–Crippen MR) is 154 cm³/mol. The summed E-state index contributed by atoms with van der Waals surface area (Å²) >= 11 is 5.98. The van der Waals surface area contributed by atoms with E-state index in [1.165, 1.54) is 6.08 Å². The molecule has 3 aromatic carbocycles. The quantitative estimate of drug-likeness (QED) is 0.241. The molecule has 198 valence electrons. The van der Waals surface area contributed by atoms with Crippen molar-refractivity contribution >= 4 is 46.6 Å². The maximum absolute atomic E-state index is 13.3. The number of likely N-dealkylation sites (tertiary alicyclic amines) is 1. The Morgan fingerprint density at radius 3 is 2.37 bits per heavy atom. The van der Waals surface area contributed by atoms with Crippen LogP contribution in [0.1, 0.15) is 30.9 Å². The first-order valence-corrected chi connectivity index (χ1v) is 12.9. The number of nitrogens with zero attached hydrogens (tertiary/aromatic N) is 1. The highest BCUT2D eigenvalue weighted by molar-refractivity contribution is 6.30. The van der Waals surface area contributed by atoms with Crippen LogP contribution in [0.25, 0.3) is 6.08 Å². The third kappa shape index (κ3) is 7.44. The topological polar surface area (TPSA) is 108 Å². The number of aliphatic hydroxyl groups is 1. The normalized spacial score (nSPS) is 18.0. The van der Waals surface area contributed by atoms with Crippen LogP contribution >= 0.6 is 11.6 Å². The number of para-hydroxylation sites is 2. The van der Waals surface area contributed by atoms with E-state index in [4.69, 9.17) is 17.3 Å². The van der Waals surface area contributed by atoms with Gasteiger partial charge in [-0.25, -0.2) is 0 Å². The largest absolute Gasteiger partial charge is 0.397 e. The summed E-state index contributed by atoms with van der Waals surface area (Å²) in [4.78, 5) is 27.8. The standard InChI is InChI=1S/C30H33ClN4O3/c1-30(2,38)19-35-17-24(25(18-35)29(37)33-23-14-12-22(31)13-15-23)21-10-7-20(8-11-21)9-16-28(36)34-27-6-4-3-5-26(27)32/h3-16,24-25,38H,17-19,32H2,1-2H3,(H,33,37)(H,34,36)/t24-,25+/m1/s1. The van der Waals surface area contributed by atoms with E-state index in [0.29, 0.717) is 41.7 Å². The molecular formula is C30H33ClN4O3. The van der Waals surface area contributed by atoms with Crippen molar-refractivity contribution in [3.05, 3.63) is 95.0 Å². The second kappa shape index (κ2) is 11.8. The number of nitrogen functional groups attached to an aromatic ring is 1. The lowest BCUT2D eigenvalue weighted by atomic mass is 9.88. The van der Waals surface area contributed by atoms with E-state index < -0.39 is 5.60 Å². The Hall–Kier alpha value is -3.65. The zero-order valence-corrected chi connectivity index (χ0v) is 22.3. The number of carbonyl (C=O) groups excluding carboxylic acids is 2. The van der Waals surface area contributed by atoms with Crippen LogP contribution in [0.5, 0.6) is 0 Å². The molecule has 1 saturated heterocycles. The second-order valence-corrected chi connectivity index (χ2v) is 10.7. The van der Waals surface area contributed by atoms with E-state index in [9.17, 15) is 14.7 Å². The highest BCUT2D eigenvalue weighted by Gasteiger charge is 2.39. The number of nitrogens with one attached hydrogen (secondary N) is 2. The summed E-state index contributed by atoms with van der Waals surface area (Å²) in [6, 6.07) is 22.0. The van der Waals surface area contributed by atoms with Gasteiger partial charge in [0.1, 0.15) is 0 Å². The number of amides is 2. The Morgan fingerprint density at radius 2 is 1.71 bits per heavy atom. The molecule has 0 aliphatic carbocycles. The van der Waals surface area contributed by atoms with Gasteiger partial charge in [-0.15, -0.1) is 0 Å². The number of nitrogens with two attached hydrogens (primary N) is 1. The van der Waals surface area contributed by atoms with E-state index in [2.05, 4.69) is 15.5 Å². The number of carbonyl (C=O) groups is 2. The van der Waals surface area contributed by atoms with Crippen molar-refractivity contribution in [1.29, 1.82) is 0 Å². The van der Waals surface area contributed by atoms with Crippen LogP contribution in [0.4, 0.5) is 17.1 Å². The number of β-amino-alcohol motifs (C(OH)–C–C–N with tert-alkyl or cyclic N) is 1. The zero-order chi connectivity index (χ0) is 27.3. The Balaban J connectivity index is 1.46. The molecule has 38 heavy (non-hydrogen) atoms. The van der Waals surface area contributed by atoms with Crippen molar-refractivity contribution in [2.24, 2.45) is 5.92 Å². The average molecular weight is 533 g/mol. The molecule has 0 bridgehead atoms. The van der Waals surface area contributed by atoms with Crippen LogP contribution in [0.3, 0.4) is 0 Å². The Labute approximate surface area is 228 Å². The van der Waals surface area contributed by atoms with E-state index in [1.807, 2.05) is 36.4 Å². The van der Waals surface area contributed by atoms with Crippen LogP contribution in [-0.2, 0) is 9.59 Å². The molecule has 8 heteroatoms. The van der Waals surface area contributed by atoms with Gasteiger partial charge in [-0.05, 0) is 67.4 Å². The van der Waals surface area contributed by atoms with Crippen LogP contribution in [0, 0.1) is 5.92 Å². The predicted octanol–water partition coefficient (Wildman–Crippen LogP) is 5.00. The molecule has 1 fully saturated rings. The van der Waals surface area contributed by atoms with E-state index in [1.54, 1.807) is 56.3 Å². The summed E-state index contributed by atoms with van der Waals surface area (Å²) in [5.74, 6) is -0.691. The zero-order valence-electron chi connectivity index (χ0n) is 21.5. The molecule has 0 radical (unpaired) electrons. The summed E-state index contributed by atoms with van der Waals surface area (Å²) in [5.41, 5.74) is 8.66. The van der Waals surface area contributed by atoms with Crippen molar-refractivity contribution in [3.8, 4) is 0 Å². The fraction of sp³-hybridized carbons (Fsp3) is 0.267. The van der Waals surface area contributed by atoms with Gasteiger partial charge in [0.15, 0.2) is 0 Å². The molecule has 1 heterocycles. The van der Waals surface area contributed by atoms with Gasteiger partial charge < -0.3 is 21.5 Å². The minimum atomic E-state index is -0.869. The average Bonchev–Trinajstić information content (AvgIpc) is 3.28. The van der Waals surface area contributed by atoms with Gasteiger partial charge >= 0.3 is 0 Å². The van der Waals surface area contributed by atoms with Gasteiger partial charge in [0.05, 0.1) is 22.9 Å². The van der Waals surface area contributed by atoms with Gasteiger partial charge in [0.25, 0.3) is 0 Å². The third-order valence-corrected chi connectivity index (χ3v) is 6.72. The van der Waals surface area contributed by atoms with E-state index in [0.717, 1.165) is 11.1 Å². The highest BCUT2D eigenvalue weighted by atomic mass is 35.5. The van der Waals surface area contributed by atoms with E-state index in [-0.39, 0.29) is 23.7 Å². The minimum Gasteiger partial charge on any atom is -0.397 e. The monoisotopic (exact) mass is 532 g/mol. The molecule has 0 aromatic heterocycles. The first-order valence-electron chi connectivity index (χ1n) is 12.5.